The summed E-state index contributed by atoms with van der Waals surface area (Å²) in [5, 5.41) is 15.2. The van der Waals surface area contributed by atoms with Gasteiger partial charge in [-0.05, 0) is 42.3 Å². The van der Waals surface area contributed by atoms with Crippen molar-refractivity contribution in [2.24, 2.45) is 5.92 Å². The minimum Gasteiger partial charge on any atom is -0.324 e. The number of carbonyl (C=O) groups is 1. The summed E-state index contributed by atoms with van der Waals surface area (Å²) in [6, 6.07) is 24.2. The topological polar surface area (TPSA) is 72.2 Å². The number of para-hydroxylation sites is 1. The Balaban J connectivity index is 1.85. The molecule has 0 aliphatic carbocycles. The number of thioether (sulfide) groups is 1. The van der Waals surface area contributed by atoms with Crippen LogP contribution in [0, 0.1) is 16.0 Å². The summed E-state index contributed by atoms with van der Waals surface area (Å²) in [6.07, 6.45) is 0.407. The van der Waals surface area contributed by atoms with E-state index in [-0.39, 0.29) is 17.4 Å². The van der Waals surface area contributed by atoms with Crippen LogP contribution in [0.4, 0.5) is 5.69 Å². The van der Waals surface area contributed by atoms with Gasteiger partial charge in [0.05, 0.1) is 5.92 Å². The molecule has 30 heavy (non-hydrogen) atoms. The van der Waals surface area contributed by atoms with Gasteiger partial charge in [0.2, 0.25) is 12.5 Å². The molecule has 1 aliphatic rings. The zero-order valence-corrected chi connectivity index (χ0v) is 17.5. The van der Waals surface area contributed by atoms with Crippen molar-refractivity contribution in [1.29, 1.82) is 0 Å². The second kappa shape index (κ2) is 8.50. The summed E-state index contributed by atoms with van der Waals surface area (Å²) in [7, 11) is 0. The number of hydrogen-bond donors (Lipinski definition) is 1. The highest BCUT2D eigenvalue weighted by Gasteiger charge is 2.54. The van der Waals surface area contributed by atoms with Gasteiger partial charge < -0.3 is 5.32 Å². The summed E-state index contributed by atoms with van der Waals surface area (Å²) in [4.78, 5) is 25.6. The quantitative estimate of drug-likeness (QED) is 0.395. The van der Waals surface area contributed by atoms with E-state index in [4.69, 9.17) is 11.6 Å². The van der Waals surface area contributed by atoms with E-state index >= 15 is 0 Å². The average molecular weight is 439 g/mol. The SMILES string of the molecule is O=C1Nc2ccccc2[C@]1(Sc1ccc(Cl)cc1)[C@@H](Cc1ccccc1)C[N+](=O)[O-]. The Hall–Kier alpha value is -2.83. The van der Waals surface area contributed by atoms with Crippen LogP contribution in [0.5, 0.6) is 0 Å². The molecule has 152 valence electrons. The number of nitrogens with one attached hydrogen (secondary N) is 1. The summed E-state index contributed by atoms with van der Waals surface area (Å²) in [6.45, 7) is -0.322. The van der Waals surface area contributed by atoms with Gasteiger partial charge in [-0.1, -0.05) is 60.1 Å². The van der Waals surface area contributed by atoms with Crippen molar-refractivity contribution in [3.05, 3.63) is 105 Å². The molecule has 3 aromatic rings. The van der Waals surface area contributed by atoms with Crippen LogP contribution >= 0.6 is 23.4 Å². The lowest BCUT2D eigenvalue weighted by atomic mass is 9.81. The van der Waals surface area contributed by atoms with Crippen LogP contribution < -0.4 is 5.32 Å². The molecule has 7 heteroatoms. The Kier molecular flexibility index (Phi) is 5.79. The van der Waals surface area contributed by atoms with Crippen LogP contribution in [0.1, 0.15) is 11.1 Å². The largest absolute Gasteiger partial charge is 0.324 e. The zero-order valence-electron chi connectivity index (χ0n) is 16.0. The van der Waals surface area contributed by atoms with Crippen LogP contribution in [0.15, 0.2) is 83.8 Å². The number of halogens is 1. The monoisotopic (exact) mass is 438 g/mol. The predicted octanol–water partition coefficient (Wildman–Crippen LogP) is 5.42. The number of anilines is 1. The van der Waals surface area contributed by atoms with Gasteiger partial charge in [-0.15, -0.1) is 11.8 Å². The Labute approximate surface area is 183 Å². The molecule has 1 amide bonds. The summed E-state index contributed by atoms with van der Waals surface area (Å²) in [5.74, 6) is -0.786. The van der Waals surface area contributed by atoms with E-state index in [1.165, 1.54) is 11.8 Å². The maximum atomic E-state index is 13.5. The predicted molar refractivity (Wildman–Crippen MR) is 120 cm³/mol. The van der Waals surface area contributed by atoms with Crippen LogP contribution in [0.25, 0.3) is 0 Å². The normalized spacial score (nSPS) is 18.5. The highest BCUT2D eigenvalue weighted by atomic mass is 35.5. The summed E-state index contributed by atoms with van der Waals surface area (Å²) >= 11 is 7.39. The molecule has 3 aromatic carbocycles. The molecular formula is C23H19ClN2O3S. The Morgan fingerprint density at radius 1 is 1.00 bits per heavy atom. The van der Waals surface area contributed by atoms with Gasteiger partial charge in [-0.3, -0.25) is 14.9 Å². The Morgan fingerprint density at radius 3 is 2.37 bits per heavy atom. The molecule has 1 aliphatic heterocycles. The number of benzene rings is 3. The summed E-state index contributed by atoms with van der Waals surface area (Å²) in [5.41, 5.74) is 2.43. The first-order chi connectivity index (χ1) is 14.5. The molecule has 1 heterocycles. The van der Waals surface area contributed by atoms with Crippen molar-refractivity contribution >= 4 is 35.0 Å². The number of nitro groups is 1. The maximum absolute atomic E-state index is 13.5. The molecule has 0 radical (unpaired) electrons. The van der Waals surface area contributed by atoms with Gasteiger partial charge in [0.15, 0.2) is 0 Å². The second-order valence-corrected chi connectivity index (χ2v) is 8.95. The lowest BCUT2D eigenvalue weighted by molar-refractivity contribution is -0.489. The standard InChI is InChI=1S/C23H19ClN2O3S/c24-18-10-12-19(13-11-18)30-23(20-8-4-5-9-21(20)25-22(23)27)17(15-26(28)29)14-16-6-2-1-3-7-16/h1-13,17H,14-15H2,(H,25,27)/t17-,23+/m0/s1. The van der Waals surface area contributed by atoms with Crippen LogP contribution in [-0.2, 0) is 16.0 Å². The number of amides is 1. The highest BCUT2D eigenvalue weighted by Crippen LogP contribution is 2.54. The lowest BCUT2D eigenvalue weighted by Gasteiger charge is -2.33. The summed E-state index contributed by atoms with van der Waals surface area (Å²) < 4.78 is -1.13. The number of carbonyl (C=O) groups excluding carboxylic acids is 1. The van der Waals surface area contributed by atoms with E-state index in [0.29, 0.717) is 17.1 Å². The molecule has 0 saturated heterocycles. The van der Waals surface area contributed by atoms with E-state index in [1.54, 1.807) is 12.1 Å². The number of hydrogen-bond acceptors (Lipinski definition) is 4. The van der Waals surface area contributed by atoms with Crippen molar-refractivity contribution in [2.45, 2.75) is 16.1 Å². The van der Waals surface area contributed by atoms with Gasteiger partial charge in [-0.25, -0.2) is 0 Å². The third-order valence-electron chi connectivity index (χ3n) is 5.27. The first kappa shape index (κ1) is 20.4. The number of fused-ring (bicyclic) bond motifs is 1. The third kappa shape index (κ3) is 3.93. The van der Waals surface area contributed by atoms with E-state index in [0.717, 1.165) is 16.0 Å². The van der Waals surface area contributed by atoms with Crippen molar-refractivity contribution in [3.63, 3.8) is 0 Å². The van der Waals surface area contributed by atoms with E-state index in [2.05, 4.69) is 5.32 Å². The lowest BCUT2D eigenvalue weighted by Crippen LogP contribution is -2.43. The first-order valence-corrected chi connectivity index (χ1v) is 10.7. The maximum Gasteiger partial charge on any atom is 0.246 e. The molecule has 1 N–H and O–H groups in total. The number of rotatable bonds is 7. The minimum atomic E-state index is -1.13. The highest BCUT2D eigenvalue weighted by molar-refractivity contribution is 8.01. The molecule has 5 nitrogen and oxygen atoms in total. The average Bonchev–Trinajstić information content (AvgIpc) is 3.02. The van der Waals surface area contributed by atoms with E-state index in [9.17, 15) is 14.9 Å². The first-order valence-electron chi connectivity index (χ1n) is 9.50. The van der Waals surface area contributed by atoms with E-state index in [1.807, 2.05) is 66.7 Å². The van der Waals surface area contributed by atoms with Gasteiger partial charge in [0.1, 0.15) is 4.75 Å². The van der Waals surface area contributed by atoms with Crippen LogP contribution in [0.2, 0.25) is 5.02 Å². The zero-order chi connectivity index (χ0) is 21.1. The third-order valence-corrected chi connectivity index (χ3v) is 7.09. The molecule has 0 spiro atoms. The molecule has 0 saturated carbocycles. The fraction of sp³-hybridized carbons (Fsp3) is 0.174. The number of nitrogens with zero attached hydrogens (tertiary/aromatic N) is 1. The smallest absolute Gasteiger partial charge is 0.246 e. The molecule has 0 aromatic heterocycles. The molecule has 2 atom stereocenters. The molecular weight excluding hydrogens is 420 g/mol. The van der Waals surface area contributed by atoms with Gasteiger partial charge in [0.25, 0.3) is 0 Å². The van der Waals surface area contributed by atoms with Gasteiger partial charge >= 0.3 is 0 Å². The second-order valence-electron chi connectivity index (χ2n) is 7.19. The van der Waals surface area contributed by atoms with Crippen molar-refractivity contribution in [2.75, 3.05) is 11.9 Å². The fourth-order valence-corrected chi connectivity index (χ4v) is 5.47. The van der Waals surface area contributed by atoms with Crippen LogP contribution in [-0.4, -0.2) is 17.4 Å². The molecule has 0 fully saturated rings. The van der Waals surface area contributed by atoms with Crippen molar-refractivity contribution in [1.82, 2.24) is 0 Å². The minimum absolute atomic E-state index is 0.230. The molecule has 4 rings (SSSR count). The van der Waals surface area contributed by atoms with Crippen LogP contribution in [0.3, 0.4) is 0 Å². The Morgan fingerprint density at radius 2 is 1.67 bits per heavy atom. The molecule has 0 bridgehead atoms. The van der Waals surface area contributed by atoms with Gasteiger partial charge in [0, 0.05) is 26.1 Å². The Bertz CT molecular complexity index is 1080. The van der Waals surface area contributed by atoms with E-state index < -0.39 is 10.7 Å². The fourth-order valence-electron chi connectivity index (χ4n) is 3.95. The molecule has 0 unspecified atom stereocenters. The van der Waals surface area contributed by atoms with Crippen molar-refractivity contribution in [3.8, 4) is 0 Å². The van der Waals surface area contributed by atoms with Crippen molar-refractivity contribution < 1.29 is 9.72 Å². The van der Waals surface area contributed by atoms with Gasteiger partial charge in [-0.2, -0.15) is 0 Å².